The summed E-state index contributed by atoms with van der Waals surface area (Å²) in [5, 5.41) is 2.96. The van der Waals surface area contributed by atoms with Crippen LogP contribution in [0.15, 0.2) is 42.5 Å². The number of anilines is 2. The lowest BCUT2D eigenvalue weighted by molar-refractivity contribution is -0.127. The molecule has 1 saturated heterocycles. The number of amides is 2. The fourth-order valence-corrected chi connectivity index (χ4v) is 3.84. The second kappa shape index (κ2) is 7.53. The smallest absolute Gasteiger partial charge is 0.256 e. The number of ether oxygens (including phenoxy) is 1. The Kier molecular flexibility index (Phi) is 4.94. The van der Waals surface area contributed by atoms with Gasteiger partial charge in [-0.2, -0.15) is 0 Å². The molecular weight excluding hydrogens is 340 g/mol. The second-order valence-corrected chi connectivity index (χ2v) is 7.30. The van der Waals surface area contributed by atoms with Gasteiger partial charge in [-0.05, 0) is 49.4 Å². The van der Waals surface area contributed by atoms with Crippen LogP contribution in [0.3, 0.4) is 0 Å². The minimum absolute atomic E-state index is 0.0366. The quantitative estimate of drug-likeness (QED) is 0.906. The Morgan fingerprint density at radius 1 is 1.22 bits per heavy atom. The average molecular weight is 364 g/mol. The van der Waals surface area contributed by atoms with Crippen molar-refractivity contribution < 1.29 is 14.3 Å². The molecule has 5 nitrogen and oxygen atoms in total. The van der Waals surface area contributed by atoms with E-state index in [1.807, 2.05) is 54.3 Å². The molecule has 2 aromatic rings. The summed E-state index contributed by atoms with van der Waals surface area (Å²) < 4.78 is 5.55. The molecule has 0 radical (unpaired) electrons. The lowest BCUT2D eigenvalue weighted by atomic mass is 10.1. The molecule has 2 aliphatic heterocycles. The zero-order valence-electron chi connectivity index (χ0n) is 15.5. The first kappa shape index (κ1) is 17.7. The third kappa shape index (κ3) is 3.88. The van der Waals surface area contributed by atoms with E-state index in [-0.39, 0.29) is 17.9 Å². The highest BCUT2D eigenvalue weighted by Crippen LogP contribution is 2.32. The molecule has 0 bridgehead atoms. The first-order valence-electron chi connectivity index (χ1n) is 9.51. The van der Waals surface area contributed by atoms with Crippen molar-refractivity contribution in [2.24, 2.45) is 0 Å². The molecule has 0 aromatic heterocycles. The number of fused-ring (bicyclic) bond motifs is 1. The number of nitrogens with zero attached hydrogens (tertiary/aromatic N) is 1. The molecule has 2 aromatic carbocycles. The van der Waals surface area contributed by atoms with Crippen LogP contribution in [0.1, 0.15) is 29.5 Å². The molecule has 0 aliphatic carbocycles. The van der Waals surface area contributed by atoms with E-state index in [0.717, 1.165) is 47.3 Å². The Morgan fingerprint density at radius 3 is 2.89 bits per heavy atom. The number of nitrogens with one attached hydrogen (secondary N) is 1. The number of aryl methyl sites for hydroxylation is 1. The molecule has 140 valence electrons. The molecule has 1 atom stereocenters. The number of carbonyl (C=O) groups is 2. The van der Waals surface area contributed by atoms with Crippen LogP contribution in [0.25, 0.3) is 0 Å². The molecule has 1 fully saturated rings. The van der Waals surface area contributed by atoms with Crippen LogP contribution in [-0.2, 0) is 27.2 Å². The summed E-state index contributed by atoms with van der Waals surface area (Å²) in [5.41, 5.74) is 4.88. The summed E-state index contributed by atoms with van der Waals surface area (Å²) in [6, 6.07) is 13.8. The maximum atomic E-state index is 12.7. The molecule has 2 heterocycles. The zero-order chi connectivity index (χ0) is 18.8. The van der Waals surface area contributed by atoms with E-state index in [9.17, 15) is 9.59 Å². The minimum Gasteiger partial charge on any atom is -0.368 e. The first-order chi connectivity index (χ1) is 13.1. The van der Waals surface area contributed by atoms with E-state index in [0.29, 0.717) is 19.6 Å². The summed E-state index contributed by atoms with van der Waals surface area (Å²) in [5.74, 6) is -0.0231. The van der Waals surface area contributed by atoms with Crippen molar-refractivity contribution in [3.8, 4) is 0 Å². The Balaban J connectivity index is 1.46. The average Bonchev–Trinajstić information content (AvgIpc) is 3.31. The molecule has 4 rings (SSSR count). The van der Waals surface area contributed by atoms with E-state index < -0.39 is 0 Å². The second-order valence-electron chi connectivity index (χ2n) is 7.30. The molecular formula is C22H24N2O3. The van der Waals surface area contributed by atoms with Crippen molar-refractivity contribution >= 4 is 23.2 Å². The van der Waals surface area contributed by atoms with Gasteiger partial charge in [-0.1, -0.05) is 35.9 Å². The lowest BCUT2D eigenvalue weighted by Crippen LogP contribution is -2.37. The molecule has 2 aliphatic rings. The van der Waals surface area contributed by atoms with E-state index in [1.54, 1.807) is 0 Å². The van der Waals surface area contributed by atoms with Gasteiger partial charge in [0.1, 0.15) is 6.10 Å². The molecule has 2 amide bonds. The SMILES string of the molecule is Cc1cccc(CC(=O)Nc2ccc3c(c2)N(C(=O)C2CCCO2)CC3)c1. The van der Waals surface area contributed by atoms with Gasteiger partial charge < -0.3 is 15.0 Å². The van der Waals surface area contributed by atoms with Crippen LogP contribution < -0.4 is 10.2 Å². The number of rotatable bonds is 4. The Morgan fingerprint density at radius 2 is 2.11 bits per heavy atom. The third-order valence-electron chi connectivity index (χ3n) is 5.18. The van der Waals surface area contributed by atoms with Gasteiger partial charge in [-0.3, -0.25) is 9.59 Å². The number of carbonyl (C=O) groups excluding carboxylic acids is 2. The largest absolute Gasteiger partial charge is 0.368 e. The van der Waals surface area contributed by atoms with Crippen LogP contribution in [0.2, 0.25) is 0 Å². The molecule has 1 unspecified atom stereocenters. The van der Waals surface area contributed by atoms with Gasteiger partial charge in [0.05, 0.1) is 6.42 Å². The summed E-state index contributed by atoms with van der Waals surface area (Å²) in [6.45, 7) is 3.35. The van der Waals surface area contributed by atoms with Gasteiger partial charge >= 0.3 is 0 Å². The Hall–Kier alpha value is -2.66. The molecule has 1 N–H and O–H groups in total. The van der Waals surface area contributed by atoms with Crippen LogP contribution in [0.4, 0.5) is 11.4 Å². The number of hydrogen-bond donors (Lipinski definition) is 1. The van der Waals surface area contributed by atoms with Gasteiger partial charge in [0.15, 0.2) is 0 Å². The van der Waals surface area contributed by atoms with Gasteiger partial charge in [-0.15, -0.1) is 0 Å². The van der Waals surface area contributed by atoms with Crippen molar-refractivity contribution in [1.82, 2.24) is 0 Å². The molecule has 0 saturated carbocycles. The first-order valence-corrected chi connectivity index (χ1v) is 9.51. The highest BCUT2D eigenvalue weighted by atomic mass is 16.5. The third-order valence-corrected chi connectivity index (χ3v) is 5.18. The highest BCUT2D eigenvalue weighted by Gasteiger charge is 2.32. The highest BCUT2D eigenvalue weighted by molar-refractivity contribution is 6.00. The Labute approximate surface area is 159 Å². The van der Waals surface area contributed by atoms with Crippen molar-refractivity contribution in [3.05, 3.63) is 59.2 Å². The van der Waals surface area contributed by atoms with Gasteiger partial charge in [0.25, 0.3) is 5.91 Å². The predicted molar refractivity (Wildman–Crippen MR) is 105 cm³/mol. The summed E-state index contributed by atoms with van der Waals surface area (Å²) >= 11 is 0. The zero-order valence-corrected chi connectivity index (χ0v) is 15.5. The Bertz CT molecular complexity index is 872. The fraction of sp³-hybridized carbons (Fsp3) is 0.364. The molecule has 5 heteroatoms. The van der Waals surface area contributed by atoms with E-state index >= 15 is 0 Å². The summed E-state index contributed by atoms with van der Waals surface area (Å²) in [6.07, 6.45) is 2.57. The van der Waals surface area contributed by atoms with Crippen molar-refractivity contribution in [2.75, 3.05) is 23.4 Å². The summed E-state index contributed by atoms with van der Waals surface area (Å²) in [7, 11) is 0. The minimum atomic E-state index is -0.324. The molecule has 0 spiro atoms. The van der Waals surface area contributed by atoms with E-state index in [2.05, 4.69) is 5.32 Å². The predicted octanol–water partition coefficient (Wildman–Crippen LogP) is 3.24. The lowest BCUT2D eigenvalue weighted by Gasteiger charge is -2.21. The van der Waals surface area contributed by atoms with Gasteiger partial charge in [-0.25, -0.2) is 0 Å². The van der Waals surface area contributed by atoms with Crippen LogP contribution in [0.5, 0.6) is 0 Å². The van der Waals surface area contributed by atoms with Crippen LogP contribution >= 0.6 is 0 Å². The van der Waals surface area contributed by atoms with Crippen LogP contribution in [0, 0.1) is 6.92 Å². The van der Waals surface area contributed by atoms with Crippen LogP contribution in [-0.4, -0.2) is 31.1 Å². The monoisotopic (exact) mass is 364 g/mol. The summed E-state index contributed by atoms with van der Waals surface area (Å²) in [4.78, 5) is 26.9. The van der Waals surface area contributed by atoms with Crippen molar-refractivity contribution in [3.63, 3.8) is 0 Å². The topological polar surface area (TPSA) is 58.6 Å². The maximum absolute atomic E-state index is 12.7. The fourth-order valence-electron chi connectivity index (χ4n) is 3.84. The van der Waals surface area contributed by atoms with E-state index in [4.69, 9.17) is 4.74 Å². The normalized spacial score (nSPS) is 18.4. The van der Waals surface area contributed by atoms with Gasteiger partial charge in [0.2, 0.25) is 5.91 Å². The number of benzene rings is 2. The molecule has 27 heavy (non-hydrogen) atoms. The van der Waals surface area contributed by atoms with Gasteiger partial charge in [0, 0.05) is 24.5 Å². The maximum Gasteiger partial charge on any atom is 0.256 e. The van der Waals surface area contributed by atoms with Crippen molar-refractivity contribution in [2.45, 2.75) is 38.7 Å². The number of hydrogen-bond acceptors (Lipinski definition) is 3. The van der Waals surface area contributed by atoms with E-state index in [1.165, 1.54) is 0 Å². The standard InChI is InChI=1S/C22H24N2O3/c1-15-4-2-5-16(12-15)13-21(25)23-18-8-7-17-9-10-24(19(17)14-18)22(26)20-6-3-11-27-20/h2,4-5,7-8,12,14,20H,3,6,9-11,13H2,1H3,(H,23,25). The van der Waals surface area contributed by atoms with Crippen molar-refractivity contribution in [1.29, 1.82) is 0 Å².